The Morgan fingerprint density at radius 2 is 1.75 bits per heavy atom. The van der Waals surface area contributed by atoms with Crippen molar-refractivity contribution in [2.45, 2.75) is 6.92 Å². The Bertz CT molecular complexity index is 515. The Kier molecular flexibility index (Phi) is 2.82. The summed E-state index contributed by atoms with van der Waals surface area (Å²) in [7, 11) is 0. The molecule has 2 aromatic carbocycles. The zero-order chi connectivity index (χ0) is 11.5. The van der Waals surface area contributed by atoms with Gasteiger partial charge in [-0.3, -0.25) is 4.79 Å². The van der Waals surface area contributed by atoms with Crippen LogP contribution in [0.5, 0.6) is 0 Å². The highest BCUT2D eigenvalue weighted by Crippen LogP contribution is 2.24. The summed E-state index contributed by atoms with van der Waals surface area (Å²) >= 11 is 0. The molecule has 0 aromatic heterocycles. The average molecular weight is 214 g/mol. The molecule has 0 aliphatic rings. The van der Waals surface area contributed by atoms with Crippen molar-refractivity contribution >= 4 is 6.29 Å². The van der Waals surface area contributed by atoms with Crippen LogP contribution in [0.15, 0.2) is 42.5 Å². The first-order valence-corrected chi connectivity index (χ1v) is 5.03. The third-order valence-electron chi connectivity index (χ3n) is 2.53. The number of carbonyl (C=O) groups is 1. The van der Waals surface area contributed by atoms with E-state index in [9.17, 15) is 9.18 Å². The van der Waals surface area contributed by atoms with Crippen molar-refractivity contribution in [3.8, 4) is 11.1 Å². The Hall–Kier alpha value is -1.96. The predicted octanol–water partition coefficient (Wildman–Crippen LogP) is 3.61. The van der Waals surface area contributed by atoms with Gasteiger partial charge in [0, 0.05) is 0 Å². The molecular weight excluding hydrogens is 203 g/mol. The molecule has 0 N–H and O–H groups in total. The lowest BCUT2D eigenvalue weighted by atomic mass is 9.99. The molecule has 0 spiro atoms. The van der Waals surface area contributed by atoms with Gasteiger partial charge in [0.15, 0.2) is 6.29 Å². The number of hydrogen-bond donors (Lipinski definition) is 0. The van der Waals surface area contributed by atoms with Crippen molar-refractivity contribution in [2.24, 2.45) is 0 Å². The summed E-state index contributed by atoms with van der Waals surface area (Å²) in [6.45, 7) is 1.98. The summed E-state index contributed by atoms with van der Waals surface area (Å²) in [6, 6.07) is 12.3. The molecule has 0 unspecified atom stereocenters. The maximum Gasteiger partial charge on any atom is 0.153 e. The lowest BCUT2D eigenvalue weighted by molar-refractivity contribution is 0.112. The van der Waals surface area contributed by atoms with Crippen LogP contribution in [0.3, 0.4) is 0 Å². The summed E-state index contributed by atoms with van der Waals surface area (Å²) in [4.78, 5) is 10.8. The molecule has 0 aliphatic carbocycles. The van der Waals surface area contributed by atoms with Crippen molar-refractivity contribution in [1.82, 2.24) is 0 Å². The maximum absolute atomic E-state index is 13.4. The fourth-order valence-corrected chi connectivity index (χ4v) is 1.64. The molecule has 0 atom stereocenters. The highest BCUT2D eigenvalue weighted by atomic mass is 19.1. The van der Waals surface area contributed by atoms with Crippen LogP contribution in [-0.2, 0) is 0 Å². The fourth-order valence-electron chi connectivity index (χ4n) is 1.64. The second-order valence-electron chi connectivity index (χ2n) is 3.68. The van der Waals surface area contributed by atoms with Crippen LogP contribution < -0.4 is 0 Å². The fraction of sp³-hybridized carbons (Fsp3) is 0.0714. The Balaban J connectivity index is 2.59. The molecule has 80 valence electrons. The number of aldehydes is 1. The number of carbonyl (C=O) groups excluding carboxylic acids is 1. The summed E-state index contributed by atoms with van der Waals surface area (Å²) in [5.41, 5.74) is 2.74. The van der Waals surface area contributed by atoms with E-state index in [1.165, 1.54) is 6.07 Å². The summed E-state index contributed by atoms with van der Waals surface area (Å²) in [5.74, 6) is -0.479. The van der Waals surface area contributed by atoms with Crippen LogP contribution in [0.25, 0.3) is 11.1 Å². The minimum absolute atomic E-state index is 0.117. The molecular formula is C14H11FO. The minimum atomic E-state index is -0.479. The van der Waals surface area contributed by atoms with Crippen molar-refractivity contribution in [2.75, 3.05) is 0 Å². The zero-order valence-electron chi connectivity index (χ0n) is 8.91. The van der Waals surface area contributed by atoms with E-state index in [1.54, 1.807) is 12.1 Å². The zero-order valence-corrected chi connectivity index (χ0v) is 8.91. The van der Waals surface area contributed by atoms with Gasteiger partial charge in [0.2, 0.25) is 0 Å². The van der Waals surface area contributed by atoms with Gasteiger partial charge in [-0.05, 0) is 24.1 Å². The lowest BCUT2D eigenvalue weighted by Gasteiger charge is -2.06. The van der Waals surface area contributed by atoms with Crippen LogP contribution in [-0.4, -0.2) is 6.29 Å². The second kappa shape index (κ2) is 4.27. The van der Waals surface area contributed by atoms with Crippen molar-refractivity contribution in [1.29, 1.82) is 0 Å². The molecule has 2 rings (SSSR count). The topological polar surface area (TPSA) is 17.1 Å². The van der Waals surface area contributed by atoms with E-state index in [4.69, 9.17) is 0 Å². The molecule has 1 nitrogen and oxygen atoms in total. The van der Waals surface area contributed by atoms with E-state index < -0.39 is 5.82 Å². The molecule has 0 radical (unpaired) electrons. The van der Waals surface area contributed by atoms with Gasteiger partial charge in [0.25, 0.3) is 0 Å². The molecule has 2 heteroatoms. The molecule has 16 heavy (non-hydrogen) atoms. The molecule has 2 aromatic rings. The third kappa shape index (κ3) is 1.87. The van der Waals surface area contributed by atoms with Crippen LogP contribution in [0.4, 0.5) is 4.39 Å². The monoisotopic (exact) mass is 214 g/mol. The quantitative estimate of drug-likeness (QED) is 0.698. The first-order valence-electron chi connectivity index (χ1n) is 5.03. The Morgan fingerprint density at radius 3 is 2.38 bits per heavy atom. The smallest absolute Gasteiger partial charge is 0.153 e. The van der Waals surface area contributed by atoms with Crippen molar-refractivity contribution < 1.29 is 9.18 Å². The second-order valence-corrected chi connectivity index (χ2v) is 3.68. The summed E-state index contributed by atoms with van der Waals surface area (Å²) in [6.07, 6.45) is 0.560. The normalized spacial score (nSPS) is 10.1. The van der Waals surface area contributed by atoms with E-state index in [0.717, 1.165) is 11.1 Å². The standard InChI is InChI=1S/C14H11FO/c1-10-5-7-11(8-6-10)12-3-2-4-14(15)13(12)9-16/h2-9H,1H3. The first-order chi connectivity index (χ1) is 7.72. The van der Waals surface area contributed by atoms with Crippen molar-refractivity contribution in [3.63, 3.8) is 0 Å². The van der Waals surface area contributed by atoms with Crippen LogP contribution in [0.2, 0.25) is 0 Å². The highest BCUT2D eigenvalue weighted by molar-refractivity contribution is 5.87. The van der Waals surface area contributed by atoms with E-state index in [1.807, 2.05) is 31.2 Å². The lowest BCUT2D eigenvalue weighted by Crippen LogP contribution is -1.92. The number of halogens is 1. The van der Waals surface area contributed by atoms with Gasteiger partial charge in [-0.2, -0.15) is 0 Å². The van der Waals surface area contributed by atoms with Crippen LogP contribution in [0.1, 0.15) is 15.9 Å². The highest BCUT2D eigenvalue weighted by Gasteiger charge is 2.08. The van der Waals surface area contributed by atoms with Gasteiger partial charge >= 0.3 is 0 Å². The number of hydrogen-bond acceptors (Lipinski definition) is 1. The molecule has 0 bridgehead atoms. The van der Waals surface area contributed by atoms with Gasteiger partial charge in [0.05, 0.1) is 5.56 Å². The predicted molar refractivity (Wildman–Crippen MR) is 62.0 cm³/mol. The van der Waals surface area contributed by atoms with Crippen LogP contribution >= 0.6 is 0 Å². The third-order valence-corrected chi connectivity index (χ3v) is 2.53. The minimum Gasteiger partial charge on any atom is -0.298 e. The van der Waals surface area contributed by atoms with E-state index in [2.05, 4.69) is 0 Å². The molecule has 0 aliphatic heterocycles. The van der Waals surface area contributed by atoms with Gasteiger partial charge < -0.3 is 0 Å². The number of rotatable bonds is 2. The van der Waals surface area contributed by atoms with Gasteiger partial charge in [-0.1, -0.05) is 42.0 Å². The summed E-state index contributed by atoms with van der Waals surface area (Å²) < 4.78 is 13.4. The Labute approximate surface area is 93.5 Å². The summed E-state index contributed by atoms with van der Waals surface area (Å²) in [5, 5.41) is 0. The first kappa shape index (κ1) is 10.6. The van der Waals surface area contributed by atoms with Gasteiger partial charge in [-0.15, -0.1) is 0 Å². The van der Waals surface area contributed by atoms with E-state index in [-0.39, 0.29) is 5.56 Å². The molecule has 0 heterocycles. The van der Waals surface area contributed by atoms with E-state index >= 15 is 0 Å². The molecule has 0 amide bonds. The number of benzene rings is 2. The molecule has 0 saturated heterocycles. The number of aryl methyl sites for hydroxylation is 1. The maximum atomic E-state index is 13.4. The molecule has 0 fully saturated rings. The Morgan fingerprint density at radius 1 is 1.06 bits per heavy atom. The molecule has 0 saturated carbocycles. The SMILES string of the molecule is Cc1ccc(-c2cccc(F)c2C=O)cc1. The van der Waals surface area contributed by atoms with E-state index in [0.29, 0.717) is 11.8 Å². The van der Waals surface area contributed by atoms with Gasteiger partial charge in [-0.25, -0.2) is 4.39 Å². The van der Waals surface area contributed by atoms with Crippen LogP contribution in [0, 0.1) is 12.7 Å². The average Bonchev–Trinajstić information content (AvgIpc) is 2.30. The van der Waals surface area contributed by atoms with Gasteiger partial charge in [0.1, 0.15) is 5.82 Å². The largest absolute Gasteiger partial charge is 0.298 e. The van der Waals surface area contributed by atoms with Crippen molar-refractivity contribution in [3.05, 3.63) is 59.4 Å².